The Hall–Kier alpha value is -1.80. The lowest BCUT2D eigenvalue weighted by Gasteiger charge is -2.25. The van der Waals surface area contributed by atoms with Crippen molar-refractivity contribution >= 4 is 13.7 Å². The highest BCUT2D eigenvalue weighted by Crippen LogP contribution is 2.43. The van der Waals surface area contributed by atoms with Gasteiger partial charge < -0.3 is 19.8 Å². The molecule has 3 unspecified atom stereocenters. The molecule has 0 aromatic rings. The molecule has 386 valence electrons. The van der Waals surface area contributed by atoms with Crippen LogP contribution in [0.2, 0.25) is 0 Å². The first kappa shape index (κ1) is 64.2. The fraction of sp³-hybridized carbons (Fsp3) is 0.807. The number of hydrogen-bond donors (Lipinski definition) is 3. The van der Waals surface area contributed by atoms with Gasteiger partial charge in [0.25, 0.3) is 0 Å². The number of unbranched alkanes of at least 4 members (excludes halogenated alkanes) is 29. The van der Waals surface area contributed by atoms with Gasteiger partial charge >= 0.3 is 7.82 Å². The number of quaternary nitrogens is 1. The van der Waals surface area contributed by atoms with Crippen LogP contribution in [-0.4, -0.2) is 73.4 Å². The van der Waals surface area contributed by atoms with E-state index < -0.39 is 20.0 Å². The van der Waals surface area contributed by atoms with Crippen molar-refractivity contribution in [3.8, 4) is 0 Å². The Bertz CT molecular complexity index is 1260. The lowest BCUT2D eigenvalue weighted by Crippen LogP contribution is -2.45. The minimum atomic E-state index is -4.36. The fourth-order valence-electron chi connectivity index (χ4n) is 7.81. The third-order valence-corrected chi connectivity index (χ3v) is 13.2. The van der Waals surface area contributed by atoms with E-state index in [9.17, 15) is 19.4 Å². The molecule has 0 heterocycles. The van der Waals surface area contributed by atoms with Crippen molar-refractivity contribution in [2.45, 2.75) is 257 Å². The Labute approximate surface area is 409 Å². The molecule has 0 saturated carbocycles. The van der Waals surface area contributed by atoms with Crippen molar-refractivity contribution in [2.24, 2.45) is 0 Å². The third kappa shape index (κ3) is 50.1. The molecule has 0 aliphatic rings. The number of likely N-dealkylation sites (N-methyl/N-ethyl adjacent to an activating group) is 1. The number of nitrogens with zero attached hydrogens (tertiary/aromatic N) is 1. The molecule has 9 heteroatoms. The number of nitrogens with one attached hydrogen (secondary N) is 1. The maximum Gasteiger partial charge on any atom is 0.472 e. The monoisotopic (exact) mass is 948 g/mol. The van der Waals surface area contributed by atoms with E-state index in [0.29, 0.717) is 17.4 Å². The number of phosphoric ester groups is 1. The number of carbonyl (C=O) groups is 1. The van der Waals surface area contributed by atoms with Crippen LogP contribution in [0.3, 0.4) is 0 Å². The van der Waals surface area contributed by atoms with Crippen LogP contribution in [0, 0.1) is 0 Å². The van der Waals surface area contributed by atoms with Gasteiger partial charge in [0.05, 0.1) is 39.9 Å². The van der Waals surface area contributed by atoms with Crippen molar-refractivity contribution in [2.75, 3.05) is 40.9 Å². The number of aliphatic hydroxyl groups excluding tert-OH is 1. The van der Waals surface area contributed by atoms with Gasteiger partial charge in [-0.1, -0.05) is 222 Å². The minimum absolute atomic E-state index is 0.0487. The van der Waals surface area contributed by atoms with E-state index in [0.717, 1.165) is 70.6 Å². The number of allylic oxidation sites excluding steroid dienone is 9. The lowest BCUT2D eigenvalue weighted by atomic mass is 10.0. The van der Waals surface area contributed by atoms with Crippen LogP contribution in [0.25, 0.3) is 0 Å². The summed E-state index contributed by atoms with van der Waals surface area (Å²) < 4.78 is 23.6. The summed E-state index contributed by atoms with van der Waals surface area (Å²) in [5, 5.41) is 13.9. The first-order valence-electron chi connectivity index (χ1n) is 27.7. The summed E-state index contributed by atoms with van der Waals surface area (Å²) in [6.45, 7) is 4.76. The second-order valence-corrected chi connectivity index (χ2v) is 21.4. The van der Waals surface area contributed by atoms with Gasteiger partial charge in [0, 0.05) is 6.42 Å². The lowest BCUT2D eigenvalue weighted by molar-refractivity contribution is -0.870. The molecule has 0 spiro atoms. The molecular weight excluding hydrogens is 840 g/mol. The molecule has 3 atom stereocenters. The summed E-state index contributed by atoms with van der Waals surface area (Å²) >= 11 is 0. The predicted molar refractivity (Wildman–Crippen MR) is 286 cm³/mol. The Morgan fingerprint density at radius 3 is 1.33 bits per heavy atom. The van der Waals surface area contributed by atoms with Gasteiger partial charge in [-0.2, -0.15) is 0 Å². The van der Waals surface area contributed by atoms with E-state index in [1.807, 2.05) is 27.2 Å². The van der Waals surface area contributed by atoms with Crippen LogP contribution in [0.15, 0.2) is 60.8 Å². The molecule has 66 heavy (non-hydrogen) atoms. The zero-order valence-corrected chi connectivity index (χ0v) is 44.8. The number of hydrogen-bond acceptors (Lipinski definition) is 5. The van der Waals surface area contributed by atoms with E-state index in [-0.39, 0.29) is 19.1 Å². The van der Waals surface area contributed by atoms with Gasteiger partial charge in [-0.3, -0.25) is 13.8 Å². The maximum atomic E-state index is 12.9. The average molecular weight is 948 g/mol. The van der Waals surface area contributed by atoms with Crippen LogP contribution >= 0.6 is 7.82 Å². The summed E-state index contributed by atoms with van der Waals surface area (Å²) in [6.07, 6.45) is 64.8. The fourth-order valence-corrected chi connectivity index (χ4v) is 8.55. The summed E-state index contributed by atoms with van der Waals surface area (Å²) in [7, 11) is 1.53. The quantitative estimate of drug-likeness (QED) is 0.0243. The van der Waals surface area contributed by atoms with Gasteiger partial charge in [0.15, 0.2) is 0 Å². The SMILES string of the molecule is CCCCC/C=C\C/C=C\CCCCCCCC(=O)NC(COP(=O)(O)OCC[N+](C)(C)C)C(O)/C=C/CC/C=C/CC/C=C/CCCCCCCCCCCCCCCCCCCCC. The molecule has 0 rings (SSSR count). The van der Waals surface area contributed by atoms with Crippen molar-refractivity contribution in [3.05, 3.63) is 60.8 Å². The molecule has 8 nitrogen and oxygen atoms in total. The van der Waals surface area contributed by atoms with Gasteiger partial charge in [-0.05, 0) is 77.0 Å². The molecule has 0 aromatic heterocycles. The van der Waals surface area contributed by atoms with E-state index in [4.69, 9.17) is 9.05 Å². The standard InChI is InChI=1S/C57H107N2O6P/c1-6-8-10-12-14-16-18-20-22-23-24-25-26-27-28-29-30-31-32-33-34-35-37-38-40-42-44-46-48-50-56(60)55(54-65-66(62,63)64-53-52-59(3,4)5)58-57(61)51-49-47-45-43-41-39-36-21-19-17-15-13-11-9-7-2/h15,17,21,34-36,40,42,48,50,55-56,60H,6-14,16,18-20,22-33,37-39,41,43-47,49,51-54H2,1-5H3,(H-,58,61,62,63)/p+1/b17-15-,35-34+,36-21-,42-40+,50-48+. The Kier molecular flexibility index (Phi) is 46.9. The molecule has 0 radical (unpaired) electrons. The molecule has 0 saturated heterocycles. The summed E-state index contributed by atoms with van der Waals surface area (Å²) in [5.41, 5.74) is 0. The normalized spacial score (nSPS) is 14.5. The van der Waals surface area contributed by atoms with Gasteiger partial charge in [0.2, 0.25) is 5.91 Å². The highest BCUT2D eigenvalue weighted by molar-refractivity contribution is 7.47. The van der Waals surface area contributed by atoms with Gasteiger partial charge in [-0.25, -0.2) is 4.57 Å². The smallest absolute Gasteiger partial charge is 0.387 e. The number of amides is 1. The number of aliphatic hydroxyl groups is 1. The minimum Gasteiger partial charge on any atom is -0.387 e. The van der Waals surface area contributed by atoms with E-state index >= 15 is 0 Å². The second-order valence-electron chi connectivity index (χ2n) is 19.9. The number of phosphoric acid groups is 1. The summed E-state index contributed by atoms with van der Waals surface area (Å²) in [6, 6.07) is -0.879. The van der Waals surface area contributed by atoms with Crippen LogP contribution < -0.4 is 5.32 Å². The average Bonchev–Trinajstić information content (AvgIpc) is 3.28. The summed E-state index contributed by atoms with van der Waals surface area (Å²) in [5.74, 6) is -0.206. The Morgan fingerprint density at radius 2 is 0.879 bits per heavy atom. The molecule has 1 amide bonds. The van der Waals surface area contributed by atoms with Crippen LogP contribution in [-0.2, 0) is 18.4 Å². The van der Waals surface area contributed by atoms with Crippen LogP contribution in [0.4, 0.5) is 0 Å². The number of carbonyl (C=O) groups excluding carboxylic acids is 1. The van der Waals surface area contributed by atoms with Crippen LogP contribution in [0.1, 0.15) is 245 Å². The third-order valence-electron chi connectivity index (χ3n) is 12.2. The van der Waals surface area contributed by atoms with E-state index in [1.165, 1.54) is 154 Å². The summed E-state index contributed by atoms with van der Waals surface area (Å²) in [4.78, 5) is 23.2. The zero-order valence-electron chi connectivity index (χ0n) is 43.9. The maximum absolute atomic E-state index is 12.9. The molecule has 0 fully saturated rings. The molecule has 0 aliphatic heterocycles. The highest BCUT2D eigenvalue weighted by Gasteiger charge is 2.27. The van der Waals surface area contributed by atoms with E-state index in [1.54, 1.807) is 6.08 Å². The molecular formula is C57H108N2O6P+. The van der Waals surface area contributed by atoms with Crippen molar-refractivity contribution in [1.82, 2.24) is 5.32 Å². The van der Waals surface area contributed by atoms with Crippen molar-refractivity contribution in [1.29, 1.82) is 0 Å². The zero-order chi connectivity index (χ0) is 48.5. The van der Waals surface area contributed by atoms with Gasteiger partial charge in [0.1, 0.15) is 13.2 Å². The van der Waals surface area contributed by atoms with E-state index in [2.05, 4.69) is 67.8 Å². The Balaban J connectivity index is 4.27. The first-order chi connectivity index (χ1) is 32.0. The highest BCUT2D eigenvalue weighted by atomic mass is 31.2. The first-order valence-corrected chi connectivity index (χ1v) is 29.2. The largest absolute Gasteiger partial charge is 0.472 e. The molecule has 0 aromatic carbocycles. The Morgan fingerprint density at radius 1 is 0.515 bits per heavy atom. The predicted octanol–water partition coefficient (Wildman–Crippen LogP) is 16.5. The number of rotatable bonds is 50. The topological polar surface area (TPSA) is 105 Å². The molecule has 3 N–H and O–H groups in total. The van der Waals surface area contributed by atoms with Crippen LogP contribution in [0.5, 0.6) is 0 Å². The van der Waals surface area contributed by atoms with Gasteiger partial charge in [-0.15, -0.1) is 0 Å². The van der Waals surface area contributed by atoms with Crippen molar-refractivity contribution in [3.63, 3.8) is 0 Å². The second kappa shape index (κ2) is 48.2. The van der Waals surface area contributed by atoms with Crippen molar-refractivity contribution < 1.29 is 32.9 Å². The molecule has 0 aliphatic carbocycles. The molecule has 0 bridgehead atoms.